The first-order valence-electron chi connectivity index (χ1n) is 9.01. The summed E-state index contributed by atoms with van der Waals surface area (Å²) in [5.41, 5.74) is 0.547. The molecule has 0 aliphatic carbocycles. The van der Waals surface area contributed by atoms with Crippen LogP contribution < -0.4 is 5.32 Å². The van der Waals surface area contributed by atoms with Crippen LogP contribution in [-0.4, -0.2) is 52.7 Å². The van der Waals surface area contributed by atoms with Gasteiger partial charge in [-0.05, 0) is 48.6 Å². The number of carbonyl (C=O) groups excluding carboxylic acids is 1. The number of nitrogens with one attached hydrogen (secondary N) is 2. The van der Waals surface area contributed by atoms with Crippen molar-refractivity contribution in [3.05, 3.63) is 41.8 Å². The topological polar surface area (TPSA) is 108 Å². The van der Waals surface area contributed by atoms with Gasteiger partial charge in [-0.2, -0.15) is 4.31 Å². The zero-order valence-corrected chi connectivity index (χ0v) is 17.8. The maximum absolute atomic E-state index is 12.5. The summed E-state index contributed by atoms with van der Waals surface area (Å²) < 4.78 is 26.6. The number of hydrogen-bond acceptors (Lipinski definition) is 7. The van der Waals surface area contributed by atoms with Gasteiger partial charge in [0.25, 0.3) is 0 Å². The van der Waals surface area contributed by atoms with E-state index in [1.807, 2.05) is 17.5 Å². The number of thioether (sulfide) groups is 1. The number of benzene rings is 1. The van der Waals surface area contributed by atoms with E-state index < -0.39 is 10.0 Å². The molecule has 1 aliphatic rings. The molecule has 1 aromatic carbocycles. The van der Waals surface area contributed by atoms with Crippen molar-refractivity contribution >= 4 is 44.7 Å². The standard InChI is InChI=1S/C18H19N5O3S3/c24-16(12-28-18-20-17(21-22-18)15-4-3-11-27-15)19-13-5-7-14(8-6-13)29(25,26)23-9-1-2-10-23/h3-8,11H,1-2,9-10,12H2,(H,19,24)(H,20,21,22). The Morgan fingerprint density at radius 1 is 1.21 bits per heavy atom. The average molecular weight is 450 g/mol. The number of sulfonamides is 1. The molecule has 0 saturated carbocycles. The second-order valence-electron chi connectivity index (χ2n) is 6.42. The number of aromatic nitrogens is 3. The molecular weight excluding hydrogens is 430 g/mol. The second-order valence-corrected chi connectivity index (χ2v) is 10.2. The minimum Gasteiger partial charge on any atom is -0.325 e. The van der Waals surface area contributed by atoms with Crippen molar-refractivity contribution in [1.82, 2.24) is 19.5 Å². The summed E-state index contributed by atoms with van der Waals surface area (Å²) in [4.78, 5) is 17.8. The lowest BCUT2D eigenvalue weighted by Crippen LogP contribution is -2.27. The van der Waals surface area contributed by atoms with E-state index in [0.29, 0.717) is 29.8 Å². The summed E-state index contributed by atoms with van der Waals surface area (Å²) in [6.07, 6.45) is 1.79. The maximum Gasteiger partial charge on any atom is 0.243 e. The van der Waals surface area contributed by atoms with Crippen molar-refractivity contribution in [3.8, 4) is 10.7 Å². The molecule has 4 rings (SSSR count). The highest BCUT2D eigenvalue weighted by molar-refractivity contribution is 7.99. The number of H-pyrrole nitrogens is 1. The summed E-state index contributed by atoms with van der Waals surface area (Å²) in [7, 11) is -3.45. The fourth-order valence-corrected chi connectivity index (χ4v) is 5.73. The van der Waals surface area contributed by atoms with Gasteiger partial charge in [0.1, 0.15) is 0 Å². The maximum atomic E-state index is 12.5. The van der Waals surface area contributed by atoms with Crippen LogP contribution in [0.3, 0.4) is 0 Å². The van der Waals surface area contributed by atoms with Gasteiger partial charge in [0.2, 0.25) is 21.1 Å². The van der Waals surface area contributed by atoms with Crippen LogP contribution in [0.1, 0.15) is 12.8 Å². The fraction of sp³-hybridized carbons (Fsp3) is 0.278. The Balaban J connectivity index is 1.32. The minimum absolute atomic E-state index is 0.148. The molecule has 0 radical (unpaired) electrons. The highest BCUT2D eigenvalue weighted by atomic mass is 32.2. The van der Waals surface area contributed by atoms with E-state index in [4.69, 9.17) is 0 Å². The van der Waals surface area contributed by atoms with Crippen LogP contribution in [0.25, 0.3) is 10.7 Å². The van der Waals surface area contributed by atoms with Gasteiger partial charge in [-0.25, -0.2) is 13.4 Å². The molecule has 11 heteroatoms. The van der Waals surface area contributed by atoms with Crippen molar-refractivity contribution in [1.29, 1.82) is 0 Å². The van der Waals surface area contributed by atoms with Crippen molar-refractivity contribution in [2.75, 3.05) is 24.2 Å². The first-order chi connectivity index (χ1) is 14.0. The molecule has 2 aromatic heterocycles. The highest BCUT2D eigenvalue weighted by Crippen LogP contribution is 2.24. The molecule has 0 bridgehead atoms. The van der Waals surface area contributed by atoms with Crippen LogP contribution in [0.2, 0.25) is 0 Å². The SMILES string of the molecule is O=C(CSc1n[nH]c(-c2cccs2)n1)Nc1ccc(S(=O)(=O)N2CCCC2)cc1. The van der Waals surface area contributed by atoms with Gasteiger partial charge in [-0.1, -0.05) is 17.8 Å². The molecule has 1 saturated heterocycles. The number of carbonyl (C=O) groups is 1. The van der Waals surface area contributed by atoms with Crippen LogP contribution in [0.15, 0.2) is 51.8 Å². The normalized spacial score (nSPS) is 14.9. The van der Waals surface area contributed by atoms with E-state index in [1.165, 1.54) is 28.2 Å². The summed E-state index contributed by atoms with van der Waals surface area (Å²) in [5, 5.41) is 12.2. The lowest BCUT2D eigenvalue weighted by atomic mass is 10.3. The Morgan fingerprint density at radius 3 is 2.66 bits per heavy atom. The number of anilines is 1. The Kier molecular flexibility index (Phi) is 5.99. The number of thiophene rings is 1. The van der Waals surface area contributed by atoms with E-state index >= 15 is 0 Å². The smallest absolute Gasteiger partial charge is 0.243 e. The van der Waals surface area contributed by atoms with Gasteiger partial charge < -0.3 is 5.32 Å². The Labute approximate surface area is 176 Å². The predicted molar refractivity (Wildman–Crippen MR) is 113 cm³/mol. The molecule has 152 valence electrons. The average Bonchev–Trinajstić information content (AvgIpc) is 3.49. The highest BCUT2D eigenvalue weighted by Gasteiger charge is 2.26. The first-order valence-corrected chi connectivity index (χ1v) is 12.3. The number of amides is 1. The fourth-order valence-electron chi connectivity index (χ4n) is 2.95. The van der Waals surface area contributed by atoms with Crippen LogP contribution in [-0.2, 0) is 14.8 Å². The van der Waals surface area contributed by atoms with E-state index in [2.05, 4.69) is 20.5 Å². The lowest BCUT2D eigenvalue weighted by molar-refractivity contribution is -0.113. The number of aromatic amines is 1. The molecule has 0 atom stereocenters. The van der Waals surface area contributed by atoms with Crippen molar-refractivity contribution in [2.24, 2.45) is 0 Å². The number of hydrogen-bond donors (Lipinski definition) is 2. The lowest BCUT2D eigenvalue weighted by Gasteiger charge is -2.15. The third-order valence-corrected chi connectivity index (χ3v) is 8.03. The third-order valence-electron chi connectivity index (χ3n) is 4.39. The summed E-state index contributed by atoms with van der Waals surface area (Å²) >= 11 is 2.78. The third kappa shape index (κ3) is 4.69. The quantitative estimate of drug-likeness (QED) is 0.537. The van der Waals surface area contributed by atoms with Gasteiger partial charge >= 0.3 is 0 Å². The molecule has 1 fully saturated rings. The Morgan fingerprint density at radius 2 is 1.97 bits per heavy atom. The second kappa shape index (κ2) is 8.66. The monoisotopic (exact) mass is 449 g/mol. The molecule has 1 amide bonds. The van der Waals surface area contributed by atoms with Crippen LogP contribution in [0, 0.1) is 0 Å². The summed E-state index contributed by atoms with van der Waals surface area (Å²) in [6.45, 7) is 1.13. The van der Waals surface area contributed by atoms with Gasteiger partial charge in [-0.3, -0.25) is 9.89 Å². The van der Waals surface area contributed by atoms with E-state index in [-0.39, 0.29) is 16.6 Å². The molecule has 2 N–H and O–H groups in total. The Bertz CT molecular complexity index is 1070. The summed E-state index contributed by atoms with van der Waals surface area (Å²) in [5.74, 6) is 0.612. The zero-order chi connectivity index (χ0) is 20.3. The van der Waals surface area contributed by atoms with Crippen molar-refractivity contribution < 1.29 is 13.2 Å². The van der Waals surface area contributed by atoms with Crippen LogP contribution in [0.5, 0.6) is 0 Å². The minimum atomic E-state index is -3.45. The molecular formula is C18H19N5O3S3. The molecule has 0 spiro atoms. The molecule has 8 nitrogen and oxygen atoms in total. The largest absolute Gasteiger partial charge is 0.325 e. The molecule has 1 aliphatic heterocycles. The molecule has 3 aromatic rings. The van der Waals surface area contributed by atoms with E-state index in [1.54, 1.807) is 23.5 Å². The van der Waals surface area contributed by atoms with Crippen LogP contribution >= 0.6 is 23.1 Å². The van der Waals surface area contributed by atoms with E-state index in [9.17, 15) is 13.2 Å². The van der Waals surface area contributed by atoms with Crippen molar-refractivity contribution in [3.63, 3.8) is 0 Å². The zero-order valence-electron chi connectivity index (χ0n) is 15.4. The van der Waals surface area contributed by atoms with E-state index in [0.717, 1.165) is 17.7 Å². The predicted octanol–water partition coefficient (Wildman–Crippen LogP) is 3.05. The molecule has 0 unspecified atom stereocenters. The number of rotatable bonds is 7. The summed E-state index contributed by atoms with van der Waals surface area (Å²) in [6, 6.07) is 10.1. The van der Waals surface area contributed by atoms with Gasteiger partial charge in [0.05, 0.1) is 15.5 Å². The van der Waals surface area contributed by atoms with Gasteiger partial charge in [0.15, 0.2) is 5.82 Å². The molecule has 29 heavy (non-hydrogen) atoms. The van der Waals surface area contributed by atoms with Crippen molar-refractivity contribution in [2.45, 2.75) is 22.9 Å². The number of nitrogens with zero attached hydrogens (tertiary/aromatic N) is 3. The van der Waals surface area contributed by atoms with Gasteiger partial charge in [-0.15, -0.1) is 16.4 Å². The van der Waals surface area contributed by atoms with Crippen LogP contribution in [0.4, 0.5) is 5.69 Å². The molecule has 3 heterocycles. The van der Waals surface area contributed by atoms with Gasteiger partial charge in [0, 0.05) is 18.8 Å². The first kappa shape index (κ1) is 20.1. The Hall–Kier alpha value is -2.21.